The normalized spacial score (nSPS) is 9.69. The van der Waals surface area contributed by atoms with Crippen molar-refractivity contribution in [3.63, 3.8) is 0 Å². The molecular weight excluding hydrogens is 232 g/mol. The minimum absolute atomic E-state index is 0.0910. The second-order valence-electron chi connectivity index (χ2n) is 2.55. The monoisotopic (exact) mass is 242 g/mol. The van der Waals surface area contributed by atoms with E-state index in [4.69, 9.17) is 5.73 Å². The van der Waals surface area contributed by atoms with Gasteiger partial charge in [-0.15, -0.1) is 0 Å². The molecule has 0 atom stereocenters. The largest absolute Gasteiger partial charge is 0.351 e. The minimum Gasteiger partial charge on any atom is -0.351 e. The first kappa shape index (κ1) is 10.2. The molecule has 0 heterocycles. The van der Waals surface area contributed by atoms with E-state index in [1.165, 1.54) is 0 Å². The van der Waals surface area contributed by atoms with Gasteiger partial charge in [-0.3, -0.25) is 4.79 Å². The lowest BCUT2D eigenvalue weighted by atomic mass is 10.2. The number of carbonyl (C=O) groups excluding carboxylic acids is 1. The summed E-state index contributed by atoms with van der Waals surface area (Å²) < 4.78 is 0.896. The van der Waals surface area contributed by atoms with Crippen LogP contribution in [-0.4, -0.2) is 19.0 Å². The lowest BCUT2D eigenvalue weighted by molar-refractivity contribution is 0.0954. The van der Waals surface area contributed by atoms with Crippen molar-refractivity contribution in [2.24, 2.45) is 5.73 Å². The number of benzene rings is 1. The Morgan fingerprint density at radius 3 is 2.92 bits per heavy atom. The van der Waals surface area contributed by atoms with E-state index in [9.17, 15) is 4.79 Å². The summed E-state index contributed by atoms with van der Waals surface area (Å²) in [7, 11) is 0. The predicted molar refractivity (Wildman–Crippen MR) is 55.5 cm³/mol. The molecule has 0 unspecified atom stereocenters. The highest BCUT2D eigenvalue weighted by molar-refractivity contribution is 9.10. The van der Waals surface area contributed by atoms with Gasteiger partial charge in [0.2, 0.25) is 0 Å². The van der Waals surface area contributed by atoms with E-state index in [2.05, 4.69) is 21.2 Å². The van der Waals surface area contributed by atoms with Gasteiger partial charge in [-0.25, -0.2) is 0 Å². The Labute approximate surface area is 85.4 Å². The van der Waals surface area contributed by atoms with E-state index in [0.29, 0.717) is 18.7 Å². The molecule has 1 amide bonds. The molecule has 1 rings (SSSR count). The summed E-state index contributed by atoms with van der Waals surface area (Å²) in [5, 5.41) is 2.69. The molecule has 0 saturated carbocycles. The first-order valence-corrected chi connectivity index (χ1v) is 4.77. The van der Waals surface area contributed by atoms with Gasteiger partial charge in [0, 0.05) is 23.1 Å². The van der Waals surface area contributed by atoms with Crippen LogP contribution in [-0.2, 0) is 0 Å². The molecule has 0 bridgehead atoms. The van der Waals surface area contributed by atoms with Crippen molar-refractivity contribution in [3.8, 4) is 0 Å². The molecule has 0 fully saturated rings. The topological polar surface area (TPSA) is 55.1 Å². The van der Waals surface area contributed by atoms with E-state index in [-0.39, 0.29) is 5.91 Å². The minimum atomic E-state index is -0.0910. The fourth-order valence-electron chi connectivity index (χ4n) is 0.917. The SMILES string of the molecule is NCCNC(=O)c1cccc(Br)c1. The van der Waals surface area contributed by atoms with Crippen LogP contribution in [0.4, 0.5) is 0 Å². The van der Waals surface area contributed by atoms with Crippen LogP contribution in [0.2, 0.25) is 0 Å². The highest BCUT2D eigenvalue weighted by atomic mass is 79.9. The van der Waals surface area contributed by atoms with Crippen molar-refractivity contribution in [1.82, 2.24) is 5.32 Å². The number of halogens is 1. The molecule has 0 saturated heterocycles. The van der Waals surface area contributed by atoms with Crippen molar-refractivity contribution < 1.29 is 4.79 Å². The molecule has 0 aliphatic heterocycles. The lowest BCUT2D eigenvalue weighted by Crippen LogP contribution is -2.28. The summed E-state index contributed by atoms with van der Waals surface area (Å²) in [5.74, 6) is -0.0910. The summed E-state index contributed by atoms with van der Waals surface area (Å²) in [5.41, 5.74) is 5.90. The maximum atomic E-state index is 11.4. The van der Waals surface area contributed by atoms with E-state index >= 15 is 0 Å². The Morgan fingerprint density at radius 2 is 2.31 bits per heavy atom. The second kappa shape index (κ2) is 4.99. The molecule has 0 aromatic heterocycles. The van der Waals surface area contributed by atoms with Gasteiger partial charge in [-0.1, -0.05) is 22.0 Å². The van der Waals surface area contributed by atoms with Gasteiger partial charge in [0.25, 0.3) is 5.91 Å². The molecule has 3 nitrogen and oxygen atoms in total. The van der Waals surface area contributed by atoms with Gasteiger partial charge in [0.15, 0.2) is 0 Å². The van der Waals surface area contributed by atoms with Crippen LogP contribution in [0.1, 0.15) is 10.4 Å². The zero-order valence-corrected chi connectivity index (χ0v) is 8.67. The molecule has 0 aliphatic carbocycles. The smallest absolute Gasteiger partial charge is 0.251 e. The van der Waals surface area contributed by atoms with Gasteiger partial charge in [-0.2, -0.15) is 0 Å². The van der Waals surface area contributed by atoms with Crippen molar-refractivity contribution in [3.05, 3.63) is 34.3 Å². The van der Waals surface area contributed by atoms with Crippen LogP contribution >= 0.6 is 15.9 Å². The van der Waals surface area contributed by atoms with Crippen LogP contribution in [0.5, 0.6) is 0 Å². The Kier molecular flexibility index (Phi) is 3.92. The molecule has 0 spiro atoms. The molecule has 1 aromatic carbocycles. The Morgan fingerprint density at radius 1 is 1.54 bits per heavy atom. The molecule has 4 heteroatoms. The van der Waals surface area contributed by atoms with E-state index in [1.807, 2.05) is 12.1 Å². The summed E-state index contributed by atoms with van der Waals surface area (Å²) in [6.07, 6.45) is 0. The number of rotatable bonds is 3. The molecule has 1 aromatic rings. The molecule has 3 N–H and O–H groups in total. The van der Waals surface area contributed by atoms with Crippen molar-refractivity contribution >= 4 is 21.8 Å². The zero-order valence-electron chi connectivity index (χ0n) is 7.09. The fraction of sp³-hybridized carbons (Fsp3) is 0.222. The van der Waals surface area contributed by atoms with Crippen LogP contribution in [0.15, 0.2) is 28.7 Å². The van der Waals surface area contributed by atoms with Crippen LogP contribution in [0, 0.1) is 0 Å². The van der Waals surface area contributed by atoms with Crippen LogP contribution in [0.3, 0.4) is 0 Å². The zero-order chi connectivity index (χ0) is 9.68. The standard InChI is InChI=1S/C9H11BrN2O/c10-8-3-1-2-7(6-8)9(13)12-5-4-11/h1-3,6H,4-5,11H2,(H,12,13). The number of carbonyl (C=O) groups is 1. The Balaban J connectivity index is 2.66. The van der Waals surface area contributed by atoms with Crippen molar-refractivity contribution in [1.29, 1.82) is 0 Å². The number of hydrogen-bond donors (Lipinski definition) is 2. The van der Waals surface area contributed by atoms with Crippen molar-refractivity contribution in [2.45, 2.75) is 0 Å². The maximum absolute atomic E-state index is 11.4. The van der Waals surface area contributed by atoms with E-state index in [1.54, 1.807) is 12.1 Å². The fourth-order valence-corrected chi connectivity index (χ4v) is 1.32. The summed E-state index contributed by atoms with van der Waals surface area (Å²) in [4.78, 5) is 11.4. The number of amides is 1. The van der Waals surface area contributed by atoms with Gasteiger partial charge < -0.3 is 11.1 Å². The number of nitrogens with two attached hydrogens (primary N) is 1. The summed E-state index contributed by atoms with van der Waals surface area (Å²) in [6, 6.07) is 7.23. The van der Waals surface area contributed by atoms with Gasteiger partial charge >= 0.3 is 0 Å². The first-order chi connectivity index (χ1) is 6.24. The third-order valence-corrected chi connectivity index (χ3v) is 2.01. The average Bonchev–Trinajstić information content (AvgIpc) is 2.14. The van der Waals surface area contributed by atoms with Gasteiger partial charge in [0.1, 0.15) is 0 Å². The highest BCUT2D eigenvalue weighted by Gasteiger charge is 2.03. The van der Waals surface area contributed by atoms with Gasteiger partial charge in [-0.05, 0) is 18.2 Å². The molecule has 0 aliphatic rings. The van der Waals surface area contributed by atoms with Crippen molar-refractivity contribution in [2.75, 3.05) is 13.1 Å². The Bertz CT molecular complexity index is 301. The van der Waals surface area contributed by atoms with Gasteiger partial charge in [0.05, 0.1) is 0 Å². The third kappa shape index (κ3) is 3.16. The summed E-state index contributed by atoms with van der Waals surface area (Å²) >= 11 is 3.29. The van der Waals surface area contributed by atoms with E-state index < -0.39 is 0 Å². The highest BCUT2D eigenvalue weighted by Crippen LogP contribution is 2.11. The quantitative estimate of drug-likeness (QED) is 0.836. The predicted octanol–water partition coefficient (Wildman–Crippen LogP) is 1.14. The summed E-state index contributed by atoms with van der Waals surface area (Å²) in [6.45, 7) is 0.963. The molecule has 0 radical (unpaired) electrons. The number of nitrogens with one attached hydrogen (secondary N) is 1. The van der Waals surface area contributed by atoms with Crippen LogP contribution in [0.25, 0.3) is 0 Å². The molecule has 13 heavy (non-hydrogen) atoms. The second-order valence-corrected chi connectivity index (χ2v) is 3.47. The number of hydrogen-bond acceptors (Lipinski definition) is 2. The maximum Gasteiger partial charge on any atom is 0.251 e. The third-order valence-electron chi connectivity index (χ3n) is 1.52. The van der Waals surface area contributed by atoms with Crippen LogP contribution < -0.4 is 11.1 Å². The van der Waals surface area contributed by atoms with E-state index in [0.717, 1.165) is 4.47 Å². The molecule has 70 valence electrons. The Hall–Kier alpha value is -0.870. The lowest BCUT2D eigenvalue weighted by Gasteiger charge is -2.02. The average molecular weight is 243 g/mol. The first-order valence-electron chi connectivity index (χ1n) is 3.98. The molecular formula is C9H11BrN2O.